The molecule has 0 bridgehead atoms. The summed E-state index contributed by atoms with van der Waals surface area (Å²) in [7, 11) is 1.42. The number of ether oxygens (including phenoxy) is 1. The van der Waals surface area contributed by atoms with E-state index in [1.807, 2.05) is 0 Å². The summed E-state index contributed by atoms with van der Waals surface area (Å²) in [5.41, 5.74) is 0. The third-order valence-electron chi connectivity index (χ3n) is 1.99. The molecule has 0 aromatic carbocycles. The number of hydrogen-bond donors (Lipinski definition) is 0. The van der Waals surface area contributed by atoms with Crippen LogP contribution in [0.1, 0.15) is 19.3 Å². The molecule has 0 aromatic heterocycles. The van der Waals surface area contributed by atoms with Crippen molar-refractivity contribution in [1.29, 1.82) is 0 Å². The molecule has 0 saturated heterocycles. The Kier molecular flexibility index (Phi) is 4.04. The summed E-state index contributed by atoms with van der Waals surface area (Å²) in [4.78, 5) is 10.9. The van der Waals surface area contributed by atoms with Crippen LogP contribution in [0.3, 0.4) is 0 Å². The van der Waals surface area contributed by atoms with Gasteiger partial charge in [0.05, 0.1) is 0 Å². The predicted octanol–water partition coefficient (Wildman–Crippen LogP) is 0.943. The van der Waals surface area contributed by atoms with E-state index in [9.17, 15) is 4.79 Å². The maximum atomic E-state index is 10.9. The number of hydrogen-bond acceptors (Lipinski definition) is 3. The first-order valence-corrected chi connectivity index (χ1v) is 5.73. The molecular weight excluding hydrogens is 348 g/mol. The Morgan fingerprint density at radius 3 is 3.08 bits per heavy atom. The quantitative estimate of drug-likeness (QED) is 0.556. The van der Waals surface area contributed by atoms with Gasteiger partial charge >= 0.3 is 88.5 Å². The van der Waals surface area contributed by atoms with Gasteiger partial charge in [0.2, 0.25) is 0 Å². The predicted molar refractivity (Wildman–Crippen MR) is 44.3 cm³/mol. The first-order valence-electron chi connectivity index (χ1n) is 3.90. The monoisotopic (exact) mass is 360 g/mol. The van der Waals surface area contributed by atoms with Crippen molar-refractivity contribution in [1.82, 2.24) is 0 Å². The van der Waals surface area contributed by atoms with Gasteiger partial charge in [0.15, 0.2) is 0 Å². The molecule has 1 rings (SSSR count). The zero-order valence-corrected chi connectivity index (χ0v) is 11.6. The normalized spacial score (nSPS) is 21.7. The van der Waals surface area contributed by atoms with Crippen LogP contribution in [-0.4, -0.2) is 39.3 Å². The number of esters is 1. The summed E-state index contributed by atoms with van der Waals surface area (Å²) in [6.45, 7) is 0. The standard InChI is InChI=1S/C8H12O3.Tl/c1-11-8(10)5-6-2-3-7(9)4-6;/h4,6,9H,2-3,5H2,1H3;/q;+1/p-1. The SMILES string of the molecule is COC(=O)CC1C=C([O][Tl])CC1. The van der Waals surface area contributed by atoms with Crippen LogP contribution < -0.4 is 0 Å². The van der Waals surface area contributed by atoms with E-state index in [0.29, 0.717) is 38.6 Å². The number of carbonyl (C=O) groups is 1. The van der Waals surface area contributed by atoms with E-state index >= 15 is 0 Å². The van der Waals surface area contributed by atoms with Crippen LogP contribution in [0.4, 0.5) is 0 Å². The molecule has 0 fully saturated rings. The number of rotatable bonds is 3. The molecule has 4 heteroatoms. The summed E-state index contributed by atoms with van der Waals surface area (Å²) in [5.74, 6) is 1.27. The van der Waals surface area contributed by atoms with Crippen LogP contribution in [0, 0.1) is 5.92 Å². The molecule has 0 amide bonds. The molecule has 0 heterocycles. The minimum absolute atomic E-state index is 0.131. The van der Waals surface area contributed by atoms with E-state index in [-0.39, 0.29) is 5.97 Å². The second-order valence-electron chi connectivity index (χ2n) is 2.83. The van der Waals surface area contributed by atoms with Gasteiger partial charge in [0.1, 0.15) is 0 Å². The molecular formula is C8H11O3Tl. The summed E-state index contributed by atoms with van der Waals surface area (Å²) in [6.07, 6.45) is 4.56. The van der Waals surface area contributed by atoms with Crippen molar-refractivity contribution < 1.29 is 12.2 Å². The van der Waals surface area contributed by atoms with Crippen molar-refractivity contribution in [2.24, 2.45) is 5.92 Å². The van der Waals surface area contributed by atoms with E-state index < -0.39 is 0 Å². The average molecular weight is 360 g/mol. The van der Waals surface area contributed by atoms with Gasteiger partial charge in [0, 0.05) is 0 Å². The third-order valence-corrected chi connectivity index (χ3v) is 3.17. The second-order valence-corrected chi connectivity index (χ2v) is 3.75. The fraction of sp³-hybridized carbons (Fsp3) is 0.625. The van der Waals surface area contributed by atoms with Crippen LogP contribution in [0.15, 0.2) is 11.8 Å². The third kappa shape index (κ3) is 2.76. The van der Waals surface area contributed by atoms with Crippen molar-refractivity contribution in [3.8, 4) is 0 Å². The Balaban J connectivity index is 2.36. The molecule has 0 radical (unpaired) electrons. The van der Waals surface area contributed by atoms with Crippen LogP contribution in [0.25, 0.3) is 0 Å². The summed E-state index contributed by atoms with van der Waals surface area (Å²) in [5, 5.41) is 0. The summed E-state index contributed by atoms with van der Waals surface area (Å²) in [6, 6.07) is 0. The zero-order chi connectivity index (χ0) is 8.97. The van der Waals surface area contributed by atoms with Gasteiger partial charge in [-0.3, -0.25) is 0 Å². The number of carbonyl (C=O) groups excluding carboxylic acids is 1. The molecule has 0 saturated carbocycles. The molecule has 0 spiro atoms. The van der Waals surface area contributed by atoms with E-state index in [1.54, 1.807) is 0 Å². The molecule has 1 aliphatic carbocycles. The Hall–Kier alpha value is -0.0679. The van der Waals surface area contributed by atoms with Gasteiger partial charge in [-0.25, -0.2) is 0 Å². The molecule has 0 aliphatic heterocycles. The fourth-order valence-corrected chi connectivity index (χ4v) is 2.08. The van der Waals surface area contributed by atoms with E-state index in [4.69, 9.17) is 2.69 Å². The van der Waals surface area contributed by atoms with Crippen molar-refractivity contribution in [3.05, 3.63) is 11.8 Å². The number of methoxy groups -OCH3 is 1. The molecule has 0 aromatic rings. The van der Waals surface area contributed by atoms with Gasteiger partial charge in [-0.15, -0.1) is 0 Å². The fourth-order valence-electron chi connectivity index (χ4n) is 1.31. The van der Waals surface area contributed by atoms with Crippen LogP contribution in [0.5, 0.6) is 0 Å². The Labute approximate surface area is 88.5 Å². The van der Waals surface area contributed by atoms with Crippen LogP contribution in [-0.2, 0) is 12.2 Å². The molecule has 1 unspecified atom stereocenters. The molecule has 3 nitrogen and oxygen atoms in total. The van der Waals surface area contributed by atoms with Gasteiger partial charge in [0.25, 0.3) is 0 Å². The maximum absolute atomic E-state index is 10.9. The Bertz CT molecular complexity index is 200. The van der Waals surface area contributed by atoms with Crippen molar-refractivity contribution in [2.45, 2.75) is 19.3 Å². The van der Waals surface area contributed by atoms with Gasteiger partial charge in [-0.05, 0) is 0 Å². The average Bonchev–Trinajstić information content (AvgIpc) is 2.52. The van der Waals surface area contributed by atoms with E-state index in [1.165, 1.54) is 7.11 Å². The van der Waals surface area contributed by atoms with E-state index in [0.717, 1.165) is 18.6 Å². The summed E-state index contributed by atoms with van der Waals surface area (Å²) >= 11 is 0.554. The van der Waals surface area contributed by atoms with Crippen molar-refractivity contribution in [2.75, 3.05) is 7.11 Å². The van der Waals surface area contributed by atoms with Gasteiger partial charge in [-0.2, -0.15) is 0 Å². The first-order chi connectivity index (χ1) is 5.76. The van der Waals surface area contributed by atoms with E-state index in [2.05, 4.69) is 10.8 Å². The first kappa shape index (κ1) is 10.0. The minimum atomic E-state index is -0.131. The second kappa shape index (κ2) is 4.84. The van der Waals surface area contributed by atoms with Crippen molar-refractivity contribution in [3.63, 3.8) is 0 Å². The molecule has 1 atom stereocenters. The van der Waals surface area contributed by atoms with Crippen molar-refractivity contribution >= 4 is 32.2 Å². The topological polar surface area (TPSA) is 35.5 Å². The molecule has 1 aliphatic rings. The molecule has 0 N–H and O–H groups in total. The van der Waals surface area contributed by atoms with Gasteiger partial charge < -0.3 is 0 Å². The zero-order valence-electron chi connectivity index (χ0n) is 7.08. The van der Waals surface area contributed by atoms with Crippen LogP contribution in [0.2, 0.25) is 0 Å². The molecule has 12 heavy (non-hydrogen) atoms. The van der Waals surface area contributed by atoms with Crippen LogP contribution >= 0.6 is 0 Å². The summed E-state index contributed by atoms with van der Waals surface area (Å²) < 4.78 is 9.81. The number of allylic oxidation sites excluding steroid dienone is 2. The Morgan fingerprint density at radius 2 is 2.58 bits per heavy atom. The van der Waals surface area contributed by atoms with Gasteiger partial charge in [-0.1, -0.05) is 0 Å². The molecule has 64 valence electrons. The Morgan fingerprint density at radius 1 is 1.83 bits per heavy atom.